The normalized spacial score (nSPS) is 9.20. The van der Waals surface area contributed by atoms with E-state index in [1.54, 1.807) is 11.3 Å². The van der Waals surface area contributed by atoms with E-state index < -0.39 is 0 Å². The van der Waals surface area contributed by atoms with E-state index in [0.29, 0.717) is 6.42 Å². The number of nitrogens with zero attached hydrogens (tertiary/aromatic N) is 1. The van der Waals surface area contributed by atoms with E-state index >= 15 is 0 Å². The maximum absolute atomic E-state index is 8.28. The summed E-state index contributed by atoms with van der Waals surface area (Å²) in [5, 5.41) is 10.3. The van der Waals surface area contributed by atoms with Gasteiger partial charge in [0.1, 0.15) is 0 Å². The van der Waals surface area contributed by atoms with Crippen molar-refractivity contribution >= 4 is 27.3 Å². The summed E-state index contributed by atoms with van der Waals surface area (Å²) in [6.45, 7) is 0. The van der Waals surface area contributed by atoms with Crippen molar-refractivity contribution in [1.29, 1.82) is 5.26 Å². The summed E-state index contributed by atoms with van der Waals surface area (Å²) in [4.78, 5) is 1.27. The second kappa shape index (κ2) is 3.75. The Morgan fingerprint density at radius 3 is 3.00 bits per heavy atom. The van der Waals surface area contributed by atoms with E-state index in [2.05, 4.69) is 28.1 Å². The zero-order valence-electron chi connectivity index (χ0n) is 5.30. The first-order chi connectivity index (χ1) is 4.83. The lowest BCUT2D eigenvalue weighted by molar-refractivity contribution is 1.04. The van der Waals surface area contributed by atoms with Crippen LogP contribution in [0, 0.1) is 11.3 Å². The van der Waals surface area contributed by atoms with Crippen LogP contribution in [0.25, 0.3) is 0 Å². The zero-order chi connectivity index (χ0) is 7.40. The van der Waals surface area contributed by atoms with E-state index in [-0.39, 0.29) is 0 Å². The maximum Gasteiger partial charge on any atom is 0.0625 e. The highest BCUT2D eigenvalue weighted by Crippen LogP contribution is 2.20. The summed E-state index contributed by atoms with van der Waals surface area (Å²) in [5.41, 5.74) is 0. The predicted molar refractivity (Wildman–Crippen MR) is 46.0 cm³/mol. The van der Waals surface area contributed by atoms with Crippen LogP contribution in [0.2, 0.25) is 0 Å². The van der Waals surface area contributed by atoms with Crippen molar-refractivity contribution in [3.63, 3.8) is 0 Å². The lowest BCUT2D eigenvalue weighted by atomic mass is 10.3. The summed E-state index contributed by atoms with van der Waals surface area (Å²) >= 11 is 5.04. The first kappa shape index (κ1) is 7.77. The zero-order valence-corrected chi connectivity index (χ0v) is 7.70. The molecule has 0 N–H and O–H groups in total. The number of thiophene rings is 1. The first-order valence-corrected chi connectivity index (χ1v) is 4.60. The molecular formula is C7H6BrNS. The Bertz CT molecular complexity index is 248. The summed E-state index contributed by atoms with van der Waals surface area (Å²) in [5.74, 6) is 0. The van der Waals surface area contributed by atoms with Crippen molar-refractivity contribution in [2.45, 2.75) is 12.8 Å². The lowest BCUT2D eigenvalue weighted by Gasteiger charge is -1.84. The topological polar surface area (TPSA) is 23.8 Å². The van der Waals surface area contributed by atoms with Crippen LogP contribution >= 0.6 is 27.3 Å². The molecule has 0 spiro atoms. The quantitative estimate of drug-likeness (QED) is 0.745. The fourth-order valence-electron chi connectivity index (χ4n) is 0.664. The molecule has 1 heterocycles. The van der Waals surface area contributed by atoms with Crippen LogP contribution < -0.4 is 0 Å². The van der Waals surface area contributed by atoms with Crippen molar-refractivity contribution in [2.75, 3.05) is 0 Å². The fraction of sp³-hybridized carbons (Fsp3) is 0.286. The minimum Gasteiger partial charge on any atom is -0.198 e. The summed E-state index contributed by atoms with van der Waals surface area (Å²) < 4.78 is 1.12. The van der Waals surface area contributed by atoms with Crippen molar-refractivity contribution in [2.24, 2.45) is 0 Å². The van der Waals surface area contributed by atoms with Crippen molar-refractivity contribution in [3.8, 4) is 6.07 Å². The second-order valence-corrected chi connectivity index (χ2v) is 3.80. The van der Waals surface area contributed by atoms with Crippen molar-refractivity contribution < 1.29 is 0 Å². The van der Waals surface area contributed by atoms with E-state index in [1.807, 2.05) is 5.38 Å². The standard InChI is InChI=1S/C7H6BrNS/c8-6-4-7(10-5-6)2-1-3-9/h4-5H,1-2H2. The van der Waals surface area contributed by atoms with Crippen LogP contribution in [0.15, 0.2) is 15.9 Å². The third-order valence-electron chi connectivity index (χ3n) is 1.10. The van der Waals surface area contributed by atoms with Crippen molar-refractivity contribution in [1.82, 2.24) is 0 Å². The van der Waals surface area contributed by atoms with Gasteiger partial charge in [0.25, 0.3) is 0 Å². The molecule has 0 unspecified atom stereocenters. The van der Waals surface area contributed by atoms with Gasteiger partial charge in [0.05, 0.1) is 6.07 Å². The Morgan fingerprint density at radius 1 is 1.70 bits per heavy atom. The molecule has 3 heteroatoms. The number of aryl methyl sites for hydroxylation is 1. The predicted octanol–water partition coefficient (Wildman–Crippen LogP) is 2.97. The van der Waals surface area contributed by atoms with Crippen LogP contribution in [0.4, 0.5) is 0 Å². The van der Waals surface area contributed by atoms with E-state index in [0.717, 1.165) is 10.9 Å². The van der Waals surface area contributed by atoms with Crippen LogP contribution in [-0.4, -0.2) is 0 Å². The smallest absolute Gasteiger partial charge is 0.0625 e. The minimum absolute atomic E-state index is 0.618. The maximum atomic E-state index is 8.28. The highest BCUT2D eigenvalue weighted by molar-refractivity contribution is 9.10. The number of hydrogen-bond acceptors (Lipinski definition) is 2. The number of nitriles is 1. The van der Waals surface area contributed by atoms with E-state index in [9.17, 15) is 0 Å². The first-order valence-electron chi connectivity index (χ1n) is 2.93. The summed E-state index contributed by atoms with van der Waals surface area (Å²) in [7, 11) is 0. The molecule has 1 nitrogen and oxygen atoms in total. The molecule has 1 aromatic heterocycles. The molecule has 0 aliphatic rings. The van der Waals surface area contributed by atoms with Gasteiger partial charge in [-0.1, -0.05) is 0 Å². The number of halogens is 1. The Labute approximate surface area is 72.4 Å². The number of hydrogen-bond donors (Lipinski definition) is 0. The van der Waals surface area contributed by atoms with Crippen LogP contribution in [-0.2, 0) is 6.42 Å². The van der Waals surface area contributed by atoms with Gasteiger partial charge in [-0.2, -0.15) is 5.26 Å². The SMILES string of the molecule is N#CCCc1cc(Br)cs1. The van der Waals surface area contributed by atoms with Gasteiger partial charge in [-0.3, -0.25) is 0 Å². The van der Waals surface area contributed by atoms with Gasteiger partial charge >= 0.3 is 0 Å². The molecule has 0 aliphatic heterocycles. The lowest BCUT2D eigenvalue weighted by Crippen LogP contribution is -1.74. The third-order valence-corrected chi connectivity index (χ3v) is 2.86. The van der Waals surface area contributed by atoms with Crippen LogP contribution in [0.3, 0.4) is 0 Å². The van der Waals surface area contributed by atoms with Gasteiger partial charge < -0.3 is 0 Å². The Hall–Kier alpha value is -0.330. The number of rotatable bonds is 2. The molecule has 0 amide bonds. The molecular weight excluding hydrogens is 210 g/mol. The fourth-order valence-corrected chi connectivity index (χ4v) is 2.12. The van der Waals surface area contributed by atoms with Crippen LogP contribution in [0.5, 0.6) is 0 Å². The van der Waals surface area contributed by atoms with Gasteiger partial charge in [-0.05, 0) is 28.4 Å². The molecule has 0 radical (unpaired) electrons. The molecule has 0 atom stereocenters. The third kappa shape index (κ3) is 2.13. The van der Waals surface area contributed by atoms with Crippen LogP contribution in [0.1, 0.15) is 11.3 Å². The molecule has 0 bridgehead atoms. The molecule has 0 saturated heterocycles. The Morgan fingerprint density at radius 2 is 2.50 bits per heavy atom. The highest BCUT2D eigenvalue weighted by Gasteiger charge is 1.95. The van der Waals surface area contributed by atoms with Gasteiger partial charge in [0.2, 0.25) is 0 Å². The molecule has 10 heavy (non-hydrogen) atoms. The van der Waals surface area contributed by atoms with E-state index in [1.165, 1.54) is 4.88 Å². The molecule has 1 aromatic rings. The second-order valence-electron chi connectivity index (χ2n) is 1.89. The molecule has 0 aliphatic carbocycles. The largest absolute Gasteiger partial charge is 0.198 e. The molecule has 0 aromatic carbocycles. The minimum atomic E-state index is 0.618. The highest BCUT2D eigenvalue weighted by atomic mass is 79.9. The monoisotopic (exact) mass is 215 g/mol. The average molecular weight is 216 g/mol. The summed E-state index contributed by atoms with van der Waals surface area (Å²) in [6.07, 6.45) is 1.50. The van der Waals surface area contributed by atoms with Gasteiger partial charge in [-0.15, -0.1) is 11.3 Å². The van der Waals surface area contributed by atoms with Gasteiger partial charge in [0.15, 0.2) is 0 Å². The summed E-state index contributed by atoms with van der Waals surface area (Å²) in [6, 6.07) is 4.17. The molecule has 0 fully saturated rings. The molecule has 1 rings (SSSR count). The molecule has 0 saturated carbocycles. The Kier molecular flexibility index (Phi) is 2.91. The van der Waals surface area contributed by atoms with Gasteiger partial charge in [0, 0.05) is 21.2 Å². The average Bonchev–Trinajstić information content (AvgIpc) is 2.31. The van der Waals surface area contributed by atoms with Gasteiger partial charge in [-0.25, -0.2) is 0 Å². The van der Waals surface area contributed by atoms with E-state index in [4.69, 9.17) is 5.26 Å². The Balaban J connectivity index is 2.52. The van der Waals surface area contributed by atoms with Crippen molar-refractivity contribution in [3.05, 3.63) is 20.8 Å². The molecule has 52 valence electrons.